The van der Waals surface area contributed by atoms with Crippen molar-refractivity contribution in [1.29, 1.82) is 0 Å². The van der Waals surface area contributed by atoms with Gasteiger partial charge in [-0.15, -0.1) is 6.58 Å². The molecule has 1 aliphatic heterocycles. The zero-order chi connectivity index (χ0) is 14.4. The highest BCUT2D eigenvalue weighted by Crippen LogP contribution is 2.27. The molecule has 0 aromatic heterocycles. The van der Waals surface area contributed by atoms with E-state index in [1.54, 1.807) is 0 Å². The van der Waals surface area contributed by atoms with Gasteiger partial charge in [-0.05, 0) is 37.0 Å². The predicted molar refractivity (Wildman–Crippen MR) is 85.0 cm³/mol. The molecule has 0 saturated carbocycles. The molecule has 0 bridgehead atoms. The first-order valence-electron chi connectivity index (χ1n) is 7.79. The number of amides is 1. The Morgan fingerprint density at radius 1 is 1.25 bits per heavy atom. The van der Waals surface area contributed by atoms with Crippen LogP contribution < -0.4 is 4.90 Å². The largest absolute Gasteiger partial charge is 0.306 e. The van der Waals surface area contributed by atoms with Crippen LogP contribution in [0.1, 0.15) is 51.0 Å². The summed E-state index contributed by atoms with van der Waals surface area (Å²) in [7, 11) is 0. The molecular weight excluding hydrogens is 246 g/mol. The summed E-state index contributed by atoms with van der Waals surface area (Å²) in [6.45, 7) is 6.07. The molecule has 2 nitrogen and oxygen atoms in total. The molecule has 2 heteroatoms. The van der Waals surface area contributed by atoms with Gasteiger partial charge in [-0.1, -0.05) is 44.4 Å². The lowest BCUT2D eigenvalue weighted by molar-refractivity contribution is -0.117. The molecule has 1 aromatic rings. The molecule has 0 spiro atoms. The van der Waals surface area contributed by atoms with Crippen molar-refractivity contribution < 1.29 is 4.79 Å². The summed E-state index contributed by atoms with van der Waals surface area (Å²) in [4.78, 5) is 13.8. The number of unbranched alkanes of at least 4 members (excludes halogenated alkanes) is 3. The highest BCUT2D eigenvalue weighted by atomic mass is 16.2. The second kappa shape index (κ2) is 7.28. The monoisotopic (exact) mass is 271 g/mol. The fraction of sp³-hybridized carbons (Fsp3) is 0.500. The minimum atomic E-state index is 0.165. The van der Waals surface area contributed by atoms with E-state index in [0.29, 0.717) is 6.42 Å². The molecule has 0 N–H and O–H groups in total. The third-order valence-corrected chi connectivity index (χ3v) is 4.06. The number of nitrogens with zero attached hydrogens (tertiary/aromatic N) is 1. The molecule has 0 aliphatic carbocycles. The van der Waals surface area contributed by atoms with Crippen LogP contribution in [0.3, 0.4) is 0 Å². The maximum Gasteiger partial charge on any atom is 0.227 e. The quantitative estimate of drug-likeness (QED) is 0.528. The molecule has 1 heterocycles. The van der Waals surface area contributed by atoms with Gasteiger partial charge in [0.1, 0.15) is 0 Å². The lowest BCUT2D eigenvalue weighted by atomic mass is 10.1. The number of carbonyl (C=O) groups is 1. The van der Waals surface area contributed by atoms with E-state index >= 15 is 0 Å². The first-order valence-corrected chi connectivity index (χ1v) is 7.79. The Kier molecular flexibility index (Phi) is 5.40. The van der Waals surface area contributed by atoms with Gasteiger partial charge in [-0.3, -0.25) is 4.79 Å². The Hall–Kier alpha value is -1.57. The van der Waals surface area contributed by atoms with Crippen molar-refractivity contribution in [2.45, 2.75) is 57.9 Å². The Bertz CT molecular complexity index is 449. The molecule has 2 rings (SSSR count). The molecule has 1 amide bonds. The van der Waals surface area contributed by atoms with Crippen molar-refractivity contribution >= 4 is 11.6 Å². The van der Waals surface area contributed by atoms with Gasteiger partial charge in [0, 0.05) is 12.1 Å². The van der Waals surface area contributed by atoms with Gasteiger partial charge < -0.3 is 4.90 Å². The summed E-state index contributed by atoms with van der Waals surface area (Å²) in [5.74, 6) is 0.214. The first kappa shape index (κ1) is 14.8. The highest BCUT2D eigenvalue weighted by molar-refractivity contribution is 5.96. The van der Waals surface area contributed by atoms with E-state index in [2.05, 4.69) is 37.8 Å². The number of hydrogen-bond donors (Lipinski definition) is 0. The van der Waals surface area contributed by atoms with Crippen LogP contribution in [0.25, 0.3) is 0 Å². The number of hydrogen-bond acceptors (Lipinski definition) is 1. The standard InChI is InChI=1S/C18H25NO/c1-3-5-6-7-8-15-9-11-17(12-10-15)19-16(4-2)13-14-18(19)20/h4,9-12,16H,2-3,5-8,13-14H2,1H3/t16-/m0/s1. The van der Waals surface area contributed by atoms with E-state index in [4.69, 9.17) is 0 Å². The summed E-state index contributed by atoms with van der Waals surface area (Å²) in [5.41, 5.74) is 2.38. The number of benzene rings is 1. The van der Waals surface area contributed by atoms with Crippen LogP contribution in [-0.4, -0.2) is 11.9 Å². The van der Waals surface area contributed by atoms with Crippen molar-refractivity contribution in [3.63, 3.8) is 0 Å². The van der Waals surface area contributed by atoms with Gasteiger partial charge in [0.05, 0.1) is 6.04 Å². The van der Waals surface area contributed by atoms with Crippen molar-refractivity contribution in [2.24, 2.45) is 0 Å². The predicted octanol–water partition coefficient (Wildman–Crippen LogP) is 4.49. The molecule has 0 radical (unpaired) electrons. The van der Waals surface area contributed by atoms with E-state index in [0.717, 1.165) is 18.5 Å². The molecule has 0 unspecified atom stereocenters. The molecule has 108 valence electrons. The third-order valence-electron chi connectivity index (χ3n) is 4.06. The molecule has 1 atom stereocenters. The smallest absolute Gasteiger partial charge is 0.227 e. The minimum absolute atomic E-state index is 0.165. The summed E-state index contributed by atoms with van der Waals surface area (Å²) in [6, 6.07) is 8.64. The van der Waals surface area contributed by atoms with Gasteiger partial charge in [0.25, 0.3) is 0 Å². The number of carbonyl (C=O) groups excluding carboxylic acids is 1. The van der Waals surface area contributed by atoms with Crippen molar-refractivity contribution in [1.82, 2.24) is 0 Å². The molecular formula is C18H25NO. The molecule has 20 heavy (non-hydrogen) atoms. The zero-order valence-electron chi connectivity index (χ0n) is 12.5. The maximum atomic E-state index is 12.0. The zero-order valence-corrected chi connectivity index (χ0v) is 12.5. The van der Waals surface area contributed by atoms with Gasteiger partial charge in [0.2, 0.25) is 5.91 Å². The number of anilines is 1. The minimum Gasteiger partial charge on any atom is -0.306 e. The summed E-state index contributed by atoms with van der Waals surface area (Å²) in [6.07, 6.45) is 9.70. The maximum absolute atomic E-state index is 12.0. The summed E-state index contributed by atoms with van der Waals surface area (Å²) >= 11 is 0. The average Bonchev–Trinajstić information content (AvgIpc) is 2.85. The van der Waals surface area contributed by atoms with E-state index in [-0.39, 0.29) is 11.9 Å². The van der Waals surface area contributed by atoms with Crippen molar-refractivity contribution in [3.05, 3.63) is 42.5 Å². The fourth-order valence-electron chi connectivity index (χ4n) is 2.84. The lowest BCUT2D eigenvalue weighted by Gasteiger charge is -2.22. The Labute approximate surface area is 122 Å². The summed E-state index contributed by atoms with van der Waals surface area (Å²) in [5, 5.41) is 0. The number of rotatable bonds is 7. The van der Waals surface area contributed by atoms with Crippen LogP contribution in [-0.2, 0) is 11.2 Å². The van der Waals surface area contributed by atoms with Crippen LogP contribution in [0.15, 0.2) is 36.9 Å². The number of aryl methyl sites for hydroxylation is 1. The first-order chi connectivity index (χ1) is 9.76. The fourth-order valence-corrected chi connectivity index (χ4v) is 2.84. The van der Waals surface area contributed by atoms with Crippen molar-refractivity contribution in [3.8, 4) is 0 Å². The highest BCUT2D eigenvalue weighted by Gasteiger charge is 2.29. The average molecular weight is 271 g/mol. The van der Waals surface area contributed by atoms with Gasteiger partial charge in [-0.25, -0.2) is 0 Å². The van der Waals surface area contributed by atoms with E-state index in [1.807, 2.05) is 11.0 Å². The third kappa shape index (κ3) is 3.50. The van der Waals surface area contributed by atoms with Crippen LogP contribution in [0.5, 0.6) is 0 Å². The van der Waals surface area contributed by atoms with Crippen LogP contribution in [0.2, 0.25) is 0 Å². The lowest BCUT2D eigenvalue weighted by Crippen LogP contribution is -2.31. The normalized spacial score (nSPS) is 18.6. The SMILES string of the molecule is C=C[C@H]1CCC(=O)N1c1ccc(CCCCCC)cc1. The van der Waals surface area contributed by atoms with Crippen LogP contribution >= 0.6 is 0 Å². The second-order valence-corrected chi connectivity index (χ2v) is 5.58. The van der Waals surface area contributed by atoms with Gasteiger partial charge in [-0.2, -0.15) is 0 Å². The van der Waals surface area contributed by atoms with Gasteiger partial charge in [0.15, 0.2) is 0 Å². The Morgan fingerprint density at radius 3 is 2.65 bits per heavy atom. The Morgan fingerprint density at radius 2 is 2.00 bits per heavy atom. The van der Waals surface area contributed by atoms with Crippen LogP contribution in [0, 0.1) is 0 Å². The molecule has 1 fully saturated rings. The molecule has 1 aromatic carbocycles. The van der Waals surface area contributed by atoms with E-state index in [9.17, 15) is 4.79 Å². The Balaban J connectivity index is 1.97. The second-order valence-electron chi connectivity index (χ2n) is 5.58. The van der Waals surface area contributed by atoms with Crippen LogP contribution in [0.4, 0.5) is 5.69 Å². The van der Waals surface area contributed by atoms with Gasteiger partial charge >= 0.3 is 0 Å². The van der Waals surface area contributed by atoms with E-state index < -0.39 is 0 Å². The molecule has 1 saturated heterocycles. The molecule has 1 aliphatic rings. The van der Waals surface area contributed by atoms with Crippen molar-refractivity contribution in [2.75, 3.05) is 4.90 Å². The topological polar surface area (TPSA) is 20.3 Å². The summed E-state index contributed by atoms with van der Waals surface area (Å²) < 4.78 is 0. The van der Waals surface area contributed by atoms with E-state index in [1.165, 1.54) is 31.2 Å².